The van der Waals surface area contributed by atoms with Crippen LogP contribution in [0.25, 0.3) is 0 Å². The Kier molecular flexibility index (Phi) is 4.59. The number of benzene rings is 2. The summed E-state index contributed by atoms with van der Waals surface area (Å²) in [6.07, 6.45) is 0. The van der Waals surface area contributed by atoms with Gasteiger partial charge in [0.05, 0.1) is 11.6 Å². The van der Waals surface area contributed by atoms with E-state index in [-0.39, 0.29) is 6.61 Å². The van der Waals surface area contributed by atoms with Gasteiger partial charge in [0.2, 0.25) is 0 Å². The topological polar surface area (TPSA) is 68.8 Å². The first-order valence-electron chi connectivity index (χ1n) is 6.14. The third kappa shape index (κ3) is 3.76. The van der Waals surface area contributed by atoms with E-state index < -0.39 is 0 Å². The zero-order chi connectivity index (χ0) is 14.2. The van der Waals surface area contributed by atoms with E-state index in [0.29, 0.717) is 17.9 Å². The summed E-state index contributed by atoms with van der Waals surface area (Å²) in [5, 5.41) is 20.5. The van der Waals surface area contributed by atoms with Crippen LogP contribution in [0.3, 0.4) is 0 Å². The molecule has 0 unspecified atom stereocenters. The molecule has 20 heavy (non-hydrogen) atoms. The first-order chi connectivity index (χ1) is 9.81. The Labute approximate surface area is 117 Å². The molecule has 0 amide bonds. The molecule has 2 aromatic carbocycles. The van der Waals surface area contributed by atoms with E-state index >= 15 is 0 Å². The largest absolute Gasteiger partial charge is 0.479 e. The van der Waals surface area contributed by atoms with Crippen molar-refractivity contribution in [2.75, 3.05) is 11.9 Å². The van der Waals surface area contributed by atoms with Crippen LogP contribution in [0.4, 0.5) is 5.69 Å². The molecule has 0 heterocycles. The first-order valence-corrected chi connectivity index (χ1v) is 6.14. The smallest absolute Gasteiger partial charge is 0.174 e. The van der Waals surface area contributed by atoms with E-state index in [1.165, 1.54) is 0 Å². The number of nitrogens with zero attached hydrogens (tertiary/aromatic N) is 2. The van der Waals surface area contributed by atoms with E-state index in [2.05, 4.69) is 11.4 Å². The van der Waals surface area contributed by atoms with Gasteiger partial charge in [0.15, 0.2) is 6.61 Å². The van der Waals surface area contributed by atoms with Crippen molar-refractivity contribution >= 4 is 5.69 Å². The molecule has 0 radical (unpaired) electrons. The highest BCUT2D eigenvalue weighted by Crippen LogP contribution is 2.18. The molecule has 0 saturated carbocycles. The average Bonchev–Trinajstić information content (AvgIpc) is 2.52. The third-order valence-corrected chi connectivity index (χ3v) is 2.72. The normalized spacial score (nSPS) is 9.30. The summed E-state index contributed by atoms with van der Waals surface area (Å²) in [5.74, 6) is 0.663. The van der Waals surface area contributed by atoms with Crippen molar-refractivity contribution in [3.05, 3.63) is 59.7 Å². The van der Waals surface area contributed by atoms with Gasteiger partial charge in [-0.3, -0.25) is 0 Å². The maximum atomic E-state index is 8.74. The van der Waals surface area contributed by atoms with Crippen LogP contribution in [0.5, 0.6) is 5.75 Å². The van der Waals surface area contributed by atoms with Crippen LogP contribution in [-0.2, 0) is 6.54 Å². The fourth-order valence-electron chi connectivity index (χ4n) is 1.71. The molecular weight excluding hydrogens is 250 g/mol. The summed E-state index contributed by atoms with van der Waals surface area (Å²) in [7, 11) is 0. The average molecular weight is 263 g/mol. The van der Waals surface area contributed by atoms with Gasteiger partial charge < -0.3 is 10.1 Å². The lowest BCUT2D eigenvalue weighted by Crippen LogP contribution is -2.00. The molecule has 2 rings (SSSR count). The lowest BCUT2D eigenvalue weighted by atomic mass is 10.1. The molecule has 0 spiro atoms. The van der Waals surface area contributed by atoms with E-state index in [0.717, 1.165) is 11.3 Å². The fraction of sp³-hybridized carbons (Fsp3) is 0.125. The first kappa shape index (κ1) is 13.5. The predicted octanol–water partition coefficient (Wildman–Crippen LogP) is 3.07. The molecule has 0 bridgehead atoms. The van der Waals surface area contributed by atoms with Gasteiger partial charge in [-0.05, 0) is 29.8 Å². The van der Waals surface area contributed by atoms with E-state index in [4.69, 9.17) is 15.3 Å². The molecule has 0 atom stereocenters. The summed E-state index contributed by atoms with van der Waals surface area (Å²) in [5.41, 5.74) is 2.66. The zero-order valence-corrected chi connectivity index (χ0v) is 10.8. The van der Waals surface area contributed by atoms with Gasteiger partial charge in [0.25, 0.3) is 0 Å². The standard InChI is InChI=1S/C16H13N3O/c17-8-9-20-16-3-1-2-15(10-16)19-12-14-6-4-13(11-18)5-7-14/h1-7,10,19H,9,12H2. The number of nitriles is 2. The minimum atomic E-state index is 0.0407. The van der Waals surface area contributed by atoms with Crippen LogP contribution >= 0.6 is 0 Å². The number of hydrogen-bond acceptors (Lipinski definition) is 4. The lowest BCUT2D eigenvalue weighted by molar-refractivity contribution is 0.368. The highest BCUT2D eigenvalue weighted by atomic mass is 16.5. The molecule has 98 valence electrons. The van der Waals surface area contributed by atoms with Gasteiger partial charge in [-0.1, -0.05) is 18.2 Å². The second-order valence-corrected chi connectivity index (χ2v) is 4.14. The van der Waals surface area contributed by atoms with Crippen LogP contribution in [0.1, 0.15) is 11.1 Å². The van der Waals surface area contributed by atoms with Gasteiger partial charge in [0.1, 0.15) is 11.8 Å². The van der Waals surface area contributed by atoms with Gasteiger partial charge in [-0.25, -0.2) is 0 Å². The Morgan fingerprint density at radius 3 is 2.55 bits per heavy atom. The SMILES string of the molecule is N#CCOc1cccc(NCc2ccc(C#N)cc2)c1. The quantitative estimate of drug-likeness (QED) is 0.900. The minimum absolute atomic E-state index is 0.0407. The Hall–Kier alpha value is -2.98. The summed E-state index contributed by atoms with van der Waals surface area (Å²) >= 11 is 0. The van der Waals surface area contributed by atoms with E-state index in [1.807, 2.05) is 42.5 Å². The number of nitrogens with one attached hydrogen (secondary N) is 1. The van der Waals surface area contributed by atoms with Crippen LogP contribution in [0.15, 0.2) is 48.5 Å². The van der Waals surface area contributed by atoms with Crippen molar-refractivity contribution in [2.45, 2.75) is 6.54 Å². The van der Waals surface area contributed by atoms with Crippen molar-refractivity contribution in [1.29, 1.82) is 10.5 Å². The van der Waals surface area contributed by atoms with Crippen LogP contribution in [-0.4, -0.2) is 6.61 Å². The zero-order valence-electron chi connectivity index (χ0n) is 10.8. The number of anilines is 1. The molecule has 0 saturated heterocycles. The number of rotatable bonds is 5. The fourth-order valence-corrected chi connectivity index (χ4v) is 1.71. The second-order valence-electron chi connectivity index (χ2n) is 4.14. The van der Waals surface area contributed by atoms with Crippen molar-refractivity contribution < 1.29 is 4.74 Å². The number of hydrogen-bond donors (Lipinski definition) is 1. The molecule has 0 aromatic heterocycles. The Bertz CT molecular complexity index is 651. The Morgan fingerprint density at radius 1 is 1.05 bits per heavy atom. The van der Waals surface area contributed by atoms with Crippen LogP contribution < -0.4 is 10.1 Å². The van der Waals surface area contributed by atoms with Gasteiger partial charge in [-0.15, -0.1) is 0 Å². The molecule has 0 aliphatic heterocycles. The van der Waals surface area contributed by atoms with Crippen LogP contribution in [0.2, 0.25) is 0 Å². The highest BCUT2D eigenvalue weighted by Gasteiger charge is 1.98. The molecule has 0 aliphatic rings. The molecule has 4 nitrogen and oxygen atoms in total. The monoisotopic (exact) mass is 263 g/mol. The van der Waals surface area contributed by atoms with E-state index in [9.17, 15) is 0 Å². The summed E-state index contributed by atoms with van der Waals surface area (Å²) < 4.78 is 5.24. The lowest BCUT2D eigenvalue weighted by Gasteiger charge is -2.08. The van der Waals surface area contributed by atoms with Crippen molar-refractivity contribution in [3.63, 3.8) is 0 Å². The molecule has 1 N–H and O–H groups in total. The summed E-state index contributed by atoms with van der Waals surface area (Å²) in [4.78, 5) is 0. The summed E-state index contributed by atoms with van der Waals surface area (Å²) in [6.45, 7) is 0.701. The van der Waals surface area contributed by atoms with Crippen LogP contribution in [0, 0.1) is 22.7 Å². The number of ether oxygens (including phenoxy) is 1. The third-order valence-electron chi connectivity index (χ3n) is 2.72. The second kappa shape index (κ2) is 6.82. The van der Waals surface area contributed by atoms with Crippen molar-refractivity contribution in [1.82, 2.24) is 0 Å². The van der Waals surface area contributed by atoms with Gasteiger partial charge >= 0.3 is 0 Å². The maximum absolute atomic E-state index is 8.74. The highest BCUT2D eigenvalue weighted by molar-refractivity contribution is 5.48. The Morgan fingerprint density at radius 2 is 1.85 bits per heavy atom. The van der Waals surface area contributed by atoms with Gasteiger partial charge in [-0.2, -0.15) is 10.5 Å². The van der Waals surface area contributed by atoms with Gasteiger partial charge in [0, 0.05) is 18.3 Å². The Balaban J connectivity index is 1.96. The maximum Gasteiger partial charge on any atom is 0.174 e. The van der Waals surface area contributed by atoms with Crippen molar-refractivity contribution in [2.24, 2.45) is 0 Å². The molecule has 4 heteroatoms. The summed E-state index contributed by atoms with van der Waals surface area (Å²) in [6, 6.07) is 18.9. The van der Waals surface area contributed by atoms with E-state index in [1.54, 1.807) is 12.1 Å². The molecular formula is C16H13N3O. The predicted molar refractivity (Wildman–Crippen MR) is 76.0 cm³/mol. The minimum Gasteiger partial charge on any atom is -0.479 e. The van der Waals surface area contributed by atoms with Crippen molar-refractivity contribution in [3.8, 4) is 17.9 Å². The molecule has 0 fully saturated rings. The molecule has 0 aliphatic carbocycles. The molecule has 2 aromatic rings.